The van der Waals surface area contributed by atoms with Crippen molar-refractivity contribution in [3.8, 4) is 0 Å². The van der Waals surface area contributed by atoms with E-state index in [4.69, 9.17) is 4.74 Å². The number of amides is 2. The summed E-state index contributed by atoms with van der Waals surface area (Å²) in [7, 11) is 0. The van der Waals surface area contributed by atoms with Crippen LogP contribution in [0.2, 0.25) is 0 Å². The van der Waals surface area contributed by atoms with Gasteiger partial charge < -0.3 is 4.74 Å². The van der Waals surface area contributed by atoms with E-state index in [1.165, 1.54) is 0 Å². The van der Waals surface area contributed by atoms with Crippen molar-refractivity contribution in [3.05, 3.63) is 69.7 Å². The molecule has 0 bridgehead atoms. The fourth-order valence-corrected chi connectivity index (χ4v) is 2.59. The van der Waals surface area contributed by atoms with Crippen LogP contribution in [-0.2, 0) is 20.7 Å². The van der Waals surface area contributed by atoms with Gasteiger partial charge in [0.25, 0.3) is 5.91 Å². The Bertz CT molecular complexity index is 809. The third-order valence-electron chi connectivity index (χ3n) is 3.80. The maximum atomic E-state index is 12.0. The quantitative estimate of drug-likeness (QED) is 0.519. The number of hydrogen-bond acceptors (Lipinski definition) is 4. The summed E-state index contributed by atoms with van der Waals surface area (Å²) in [6.07, 6.45) is 0.509. The van der Waals surface area contributed by atoms with Gasteiger partial charge in [-0.25, -0.2) is 0 Å². The number of halogens is 1. The van der Waals surface area contributed by atoms with E-state index in [0.29, 0.717) is 12.0 Å². The van der Waals surface area contributed by atoms with Crippen LogP contribution >= 0.6 is 15.9 Å². The molecule has 0 aliphatic carbocycles. The van der Waals surface area contributed by atoms with Crippen molar-refractivity contribution in [3.63, 3.8) is 0 Å². The molecule has 2 aromatic rings. The molecule has 0 radical (unpaired) electrons. The van der Waals surface area contributed by atoms with Gasteiger partial charge in [-0.1, -0.05) is 52.3 Å². The molecule has 7 heteroatoms. The van der Waals surface area contributed by atoms with Gasteiger partial charge in [0, 0.05) is 22.9 Å². The lowest BCUT2D eigenvalue weighted by Gasteiger charge is -2.08. The van der Waals surface area contributed by atoms with Crippen LogP contribution in [0.15, 0.2) is 53.0 Å². The van der Waals surface area contributed by atoms with Gasteiger partial charge in [0.05, 0.1) is 13.0 Å². The highest BCUT2D eigenvalue weighted by Gasteiger charge is 2.11. The first-order valence-corrected chi connectivity index (χ1v) is 9.30. The minimum atomic E-state index is -0.463. The molecule has 0 unspecified atom stereocenters. The van der Waals surface area contributed by atoms with Crippen LogP contribution in [0.4, 0.5) is 0 Å². The zero-order valence-corrected chi connectivity index (χ0v) is 16.5. The fourth-order valence-electron chi connectivity index (χ4n) is 2.21. The van der Waals surface area contributed by atoms with Crippen molar-refractivity contribution in [1.29, 1.82) is 0 Å². The van der Waals surface area contributed by atoms with Gasteiger partial charge in [-0.3, -0.25) is 25.2 Å². The molecule has 2 aromatic carbocycles. The maximum absolute atomic E-state index is 12.0. The van der Waals surface area contributed by atoms with Gasteiger partial charge in [-0.05, 0) is 30.2 Å². The number of hydrazine groups is 1. The summed E-state index contributed by atoms with van der Waals surface area (Å²) in [6.45, 7) is 2.18. The summed E-state index contributed by atoms with van der Waals surface area (Å²) in [5.74, 6) is -1.35. The van der Waals surface area contributed by atoms with E-state index in [1.807, 2.05) is 37.3 Å². The van der Waals surface area contributed by atoms with E-state index in [1.54, 1.807) is 18.2 Å². The van der Waals surface area contributed by atoms with Crippen LogP contribution in [0, 0.1) is 6.92 Å². The molecule has 0 atom stereocenters. The minimum absolute atomic E-state index is 0.0490. The minimum Gasteiger partial charge on any atom is -0.465 e. The van der Waals surface area contributed by atoms with E-state index in [9.17, 15) is 14.4 Å². The number of rotatable bonds is 7. The average Bonchev–Trinajstić information content (AvgIpc) is 2.67. The molecule has 0 heterocycles. The summed E-state index contributed by atoms with van der Waals surface area (Å²) < 4.78 is 5.91. The van der Waals surface area contributed by atoms with E-state index in [2.05, 4.69) is 26.8 Å². The smallest absolute Gasteiger partial charge is 0.306 e. The summed E-state index contributed by atoms with van der Waals surface area (Å²) >= 11 is 3.35. The van der Waals surface area contributed by atoms with Crippen molar-refractivity contribution >= 4 is 33.7 Å². The van der Waals surface area contributed by atoms with E-state index >= 15 is 0 Å². The van der Waals surface area contributed by atoms with Gasteiger partial charge in [0.15, 0.2) is 0 Å². The van der Waals surface area contributed by atoms with Crippen LogP contribution in [0.25, 0.3) is 0 Å². The second-order valence-corrected chi connectivity index (χ2v) is 6.78. The van der Waals surface area contributed by atoms with Crippen molar-refractivity contribution in [1.82, 2.24) is 10.9 Å². The van der Waals surface area contributed by atoms with Gasteiger partial charge >= 0.3 is 5.97 Å². The Morgan fingerprint density at radius 2 is 1.74 bits per heavy atom. The number of carbonyl (C=O) groups excluding carboxylic acids is 3. The van der Waals surface area contributed by atoms with Gasteiger partial charge in [-0.2, -0.15) is 0 Å². The molecule has 2 N–H and O–H groups in total. The lowest BCUT2D eigenvalue weighted by Crippen LogP contribution is -2.41. The van der Waals surface area contributed by atoms with Crippen molar-refractivity contribution in [2.75, 3.05) is 6.61 Å². The predicted octanol–water partition coefficient (Wildman–Crippen LogP) is 3.08. The molecule has 6 nitrogen and oxygen atoms in total. The lowest BCUT2D eigenvalue weighted by atomic mass is 10.1. The maximum Gasteiger partial charge on any atom is 0.306 e. The van der Waals surface area contributed by atoms with Gasteiger partial charge in [0.2, 0.25) is 5.91 Å². The molecule has 0 spiro atoms. The Kier molecular flexibility index (Phi) is 8.00. The van der Waals surface area contributed by atoms with Crippen LogP contribution < -0.4 is 10.9 Å². The Balaban J connectivity index is 1.64. The highest BCUT2D eigenvalue weighted by atomic mass is 79.9. The molecular formula is C20H21BrN2O4. The number of ether oxygens (including phenoxy) is 1. The Hall–Kier alpha value is -2.67. The number of aryl methyl sites for hydroxylation is 1. The zero-order chi connectivity index (χ0) is 19.6. The largest absolute Gasteiger partial charge is 0.465 e. The highest BCUT2D eigenvalue weighted by molar-refractivity contribution is 9.10. The van der Waals surface area contributed by atoms with Crippen molar-refractivity contribution in [2.24, 2.45) is 0 Å². The van der Waals surface area contributed by atoms with Crippen molar-refractivity contribution in [2.45, 2.75) is 26.2 Å². The Morgan fingerprint density at radius 3 is 2.44 bits per heavy atom. The van der Waals surface area contributed by atoms with E-state index < -0.39 is 17.8 Å². The molecule has 0 fully saturated rings. The molecule has 2 rings (SSSR count). The Morgan fingerprint density at radius 1 is 1.00 bits per heavy atom. The number of nitrogens with one attached hydrogen (secondary N) is 2. The second-order valence-electron chi connectivity index (χ2n) is 5.92. The van der Waals surface area contributed by atoms with E-state index in [-0.39, 0.29) is 19.4 Å². The molecule has 0 aliphatic heterocycles. The molecule has 2 amide bonds. The van der Waals surface area contributed by atoms with Crippen LogP contribution in [0.5, 0.6) is 0 Å². The van der Waals surface area contributed by atoms with Crippen LogP contribution in [-0.4, -0.2) is 24.4 Å². The standard InChI is InChI=1S/C20H21BrN2O4/c1-14-7-8-16(13-17(14)21)20(26)23-22-18(24)9-10-19(25)27-12-11-15-5-3-2-4-6-15/h2-8,13H,9-12H2,1H3,(H,22,24)(H,23,26). The van der Waals surface area contributed by atoms with Gasteiger partial charge in [0.1, 0.15) is 0 Å². The first-order chi connectivity index (χ1) is 13.0. The van der Waals surface area contributed by atoms with Gasteiger partial charge in [-0.15, -0.1) is 0 Å². The van der Waals surface area contributed by atoms with Crippen LogP contribution in [0.3, 0.4) is 0 Å². The molecule has 0 saturated heterocycles. The Labute approximate surface area is 166 Å². The number of carbonyl (C=O) groups is 3. The summed E-state index contributed by atoms with van der Waals surface area (Å²) in [4.78, 5) is 35.4. The lowest BCUT2D eigenvalue weighted by molar-refractivity contribution is -0.144. The monoisotopic (exact) mass is 432 g/mol. The molecule has 0 aliphatic rings. The van der Waals surface area contributed by atoms with E-state index in [0.717, 1.165) is 15.6 Å². The summed E-state index contributed by atoms with van der Waals surface area (Å²) in [5, 5.41) is 0. The summed E-state index contributed by atoms with van der Waals surface area (Å²) in [5.41, 5.74) is 7.10. The second kappa shape index (κ2) is 10.5. The molecular weight excluding hydrogens is 412 g/mol. The predicted molar refractivity (Wildman–Crippen MR) is 105 cm³/mol. The average molecular weight is 433 g/mol. The van der Waals surface area contributed by atoms with Crippen LogP contribution in [0.1, 0.15) is 34.3 Å². The third kappa shape index (κ3) is 7.22. The fraction of sp³-hybridized carbons (Fsp3) is 0.250. The topological polar surface area (TPSA) is 84.5 Å². The van der Waals surface area contributed by atoms with Crippen molar-refractivity contribution < 1.29 is 19.1 Å². The number of esters is 1. The first kappa shape index (κ1) is 20.6. The summed E-state index contributed by atoms with van der Waals surface area (Å²) in [6, 6.07) is 14.8. The number of benzene rings is 2. The normalized spacial score (nSPS) is 10.1. The zero-order valence-electron chi connectivity index (χ0n) is 15.0. The highest BCUT2D eigenvalue weighted by Crippen LogP contribution is 2.17. The molecule has 0 saturated carbocycles. The molecule has 27 heavy (non-hydrogen) atoms. The first-order valence-electron chi connectivity index (χ1n) is 8.50. The SMILES string of the molecule is Cc1ccc(C(=O)NNC(=O)CCC(=O)OCCc2ccccc2)cc1Br. The molecule has 142 valence electrons. The molecule has 0 aromatic heterocycles. The number of hydrogen-bond donors (Lipinski definition) is 2. The third-order valence-corrected chi connectivity index (χ3v) is 4.66.